The largest absolute Gasteiger partial charge is 0.444 e. The average molecular weight is 515 g/mol. The van der Waals surface area contributed by atoms with Crippen LogP contribution in [0.2, 0.25) is 0 Å². The number of rotatable bonds is 11. The van der Waals surface area contributed by atoms with Gasteiger partial charge in [-0.3, -0.25) is 14.6 Å². The van der Waals surface area contributed by atoms with Crippen molar-refractivity contribution >= 4 is 35.2 Å². The fourth-order valence-electron chi connectivity index (χ4n) is 3.25. The van der Waals surface area contributed by atoms with E-state index in [1.165, 1.54) is 11.9 Å². The van der Waals surface area contributed by atoms with E-state index in [0.29, 0.717) is 42.3 Å². The first-order chi connectivity index (χ1) is 17.3. The smallest absolute Gasteiger partial charge is 0.410 e. The third kappa shape index (κ3) is 8.89. The van der Waals surface area contributed by atoms with Crippen molar-refractivity contribution in [2.24, 2.45) is 5.73 Å². The first-order valence-corrected chi connectivity index (χ1v) is 12.2. The Morgan fingerprint density at radius 3 is 2.43 bits per heavy atom. The first-order valence-electron chi connectivity index (χ1n) is 12.2. The van der Waals surface area contributed by atoms with Crippen LogP contribution in [0.15, 0.2) is 18.3 Å². The number of aryl methyl sites for hydroxylation is 1. The molecule has 3 amide bonds. The van der Waals surface area contributed by atoms with E-state index < -0.39 is 17.6 Å². The van der Waals surface area contributed by atoms with Crippen molar-refractivity contribution in [2.45, 2.75) is 53.1 Å². The van der Waals surface area contributed by atoms with Gasteiger partial charge in [-0.05, 0) is 46.2 Å². The molecule has 0 aliphatic carbocycles. The molecule has 12 nitrogen and oxygen atoms in total. The lowest BCUT2D eigenvalue weighted by Crippen LogP contribution is -2.41. The minimum absolute atomic E-state index is 0.0600. The van der Waals surface area contributed by atoms with Gasteiger partial charge in [-0.15, -0.1) is 0 Å². The molecule has 0 bridgehead atoms. The van der Waals surface area contributed by atoms with E-state index >= 15 is 0 Å². The van der Waals surface area contributed by atoms with Crippen molar-refractivity contribution in [3.05, 3.63) is 35.4 Å². The molecule has 12 heteroatoms. The van der Waals surface area contributed by atoms with Crippen molar-refractivity contribution in [1.82, 2.24) is 25.2 Å². The molecule has 0 unspecified atom stereocenters. The standard InChI is InChI=1S/C25H38N8O4/c1-8-18-23(32(6)9-2)31-22(20(30-18)21(26)35)29-17-11-12-27-16(14-17)10-13-28-19(34)15-33(7)24(36)37-25(3,4)5/h11-12,14H,8-10,13,15H2,1-7H3,(H2,26,35)(H,28,34)(H,27,29,31). The van der Waals surface area contributed by atoms with Crippen LogP contribution in [0.25, 0.3) is 0 Å². The van der Waals surface area contributed by atoms with Crippen LogP contribution in [-0.4, -0.2) is 77.1 Å². The number of nitrogens with one attached hydrogen (secondary N) is 2. The number of anilines is 3. The number of nitrogens with two attached hydrogens (primary N) is 1. The fraction of sp³-hybridized carbons (Fsp3) is 0.520. The van der Waals surface area contributed by atoms with Crippen LogP contribution in [-0.2, 0) is 22.4 Å². The molecule has 0 radical (unpaired) electrons. The lowest BCUT2D eigenvalue weighted by Gasteiger charge is -2.24. The quantitative estimate of drug-likeness (QED) is 0.409. The highest BCUT2D eigenvalue weighted by Gasteiger charge is 2.21. The third-order valence-electron chi connectivity index (χ3n) is 5.22. The minimum atomic E-state index is -0.677. The Hall–Kier alpha value is -3.96. The molecule has 37 heavy (non-hydrogen) atoms. The number of aromatic nitrogens is 3. The molecule has 0 aliphatic rings. The Kier molecular flexibility index (Phi) is 10.2. The van der Waals surface area contributed by atoms with Crippen LogP contribution < -0.4 is 21.3 Å². The third-order valence-corrected chi connectivity index (χ3v) is 5.22. The zero-order chi connectivity index (χ0) is 27.8. The number of primary amides is 1. The molecule has 2 heterocycles. The summed E-state index contributed by atoms with van der Waals surface area (Å²) in [6, 6.07) is 3.53. The van der Waals surface area contributed by atoms with Crippen LogP contribution in [0.1, 0.15) is 56.5 Å². The highest BCUT2D eigenvalue weighted by atomic mass is 16.6. The normalized spacial score (nSPS) is 11.0. The van der Waals surface area contributed by atoms with Gasteiger partial charge in [0.05, 0.1) is 5.69 Å². The van der Waals surface area contributed by atoms with E-state index in [1.807, 2.05) is 25.8 Å². The van der Waals surface area contributed by atoms with E-state index in [9.17, 15) is 14.4 Å². The molecule has 0 atom stereocenters. The second-order valence-corrected chi connectivity index (χ2v) is 9.52. The van der Waals surface area contributed by atoms with Gasteiger partial charge in [0.2, 0.25) is 5.91 Å². The van der Waals surface area contributed by atoms with E-state index in [0.717, 1.165) is 6.54 Å². The summed E-state index contributed by atoms with van der Waals surface area (Å²) in [6.07, 6.45) is 2.10. The molecule has 2 aromatic rings. The molecular formula is C25H38N8O4. The SMILES string of the molecule is CCc1nc(C(N)=O)c(Nc2ccnc(CCNC(=O)CN(C)C(=O)OC(C)(C)C)c2)nc1N(C)CC. The summed E-state index contributed by atoms with van der Waals surface area (Å²) in [5.41, 5.74) is 7.04. The van der Waals surface area contributed by atoms with Crippen LogP contribution in [0.3, 0.4) is 0 Å². The zero-order valence-electron chi connectivity index (χ0n) is 22.7. The van der Waals surface area contributed by atoms with Gasteiger partial charge in [0.15, 0.2) is 17.3 Å². The van der Waals surface area contributed by atoms with Crippen LogP contribution in [0.4, 0.5) is 22.1 Å². The molecule has 0 spiro atoms. The van der Waals surface area contributed by atoms with Crippen molar-refractivity contribution in [1.29, 1.82) is 0 Å². The van der Waals surface area contributed by atoms with Gasteiger partial charge in [0, 0.05) is 51.2 Å². The second-order valence-electron chi connectivity index (χ2n) is 9.52. The summed E-state index contributed by atoms with van der Waals surface area (Å²) in [5.74, 6) is -0.0576. The molecule has 202 valence electrons. The molecule has 0 aromatic carbocycles. The summed E-state index contributed by atoms with van der Waals surface area (Å²) in [5, 5.41) is 5.91. The minimum Gasteiger partial charge on any atom is -0.444 e. The molecule has 4 N–H and O–H groups in total. The summed E-state index contributed by atoms with van der Waals surface area (Å²) < 4.78 is 5.25. The van der Waals surface area contributed by atoms with Crippen LogP contribution in [0.5, 0.6) is 0 Å². The van der Waals surface area contributed by atoms with Crippen LogP contribution >= 0.6 is 0 Å². The lowest BCUT2D eigenvalue weighted by atomic mass is 10.2. The first kappa shape index (κ1) is 29.3. The molecule has 2 rings (SSSR count). The Morgan fingerprint density at radius 1 is 1.14 bits per heavy atom. The van der Waals surface area contributed by atoms with Crippen molar-refractivity contribution in [2.75, 3.05) is 43.9 Å². The van der Waals surface area contributed by atoms with Gasteiger partial charge >= 0.3 is 6.09 Å². The maximum atomic E-state index is 12.2. The van der Waals surface area contributed by atoms with Gasteiger partial charge in [-0.2, -0.15) is 0 Å². The highest BCUT2D eigenvalue weighted by Crippen LogP contribution is 2.24. The maximum absolute atomic E-state index is 12.2. The number of ether oxygens (including phenoxy) is 1. The molecule has 0 saturated carbocycles. The predicted octanol–water partition coefficient (Wildman–Crippen LogP) is 2.26. The van der Waals surface area contributed by atoms with Crippen molar-refractivity contribution in [3.63, 3.8) is 0 Å². The van der Waals surface area contributed by atoms with Crippen molar-refractivity contribution in [3.8, 4) is 0 Å². The second kappa shape index (κ2) is 12.8. The fourth-order valence-corrected chi connectivity index (χ4v) is 3.25. The maximum Gasteiger partial charge on any atom is 0.410 e. The van der Waals surface area contributed by atoms with E-state index in [2.05, 4.69) is 25.6 Å². The number of nitrogens with zero attached hydrogens (tertiary/aromatic N) is 5. The Balaban J connectivity index is 2.05. The number of likely N-dealkylation sites (N-methyl/N-ethyl adjacent to an activating group) is 1. The monoisotopic (exact) mass is 514 g/mol. The molecular weight excluding hydrogens is 476 g/mol. The number of carbonyl (C=O) groups excluding carboxylic acids is 3. The Morgan fingerprint density at radius 2 is 1.84 bits per heavy atom. The lowest BCUT2D eigenvalue weighted by molar-refractivity contribution is -0.121. The van der Waals surface area contributed by atoms with Crippen LogP contribution in [0, 0.1) is 0 Å². The van der Waals surface area contributed by atoms with Gasteiger partial charge in [0.1, 0.15) is 12.1 Å². The number of hydrogen-bond donors (Lipinski definition) is 3. The average Bonchev–Trinajstić information content (AvgIpc) is 2.82. The Labute approximate surface area is 218 Å². The summed E-state index contributed by atoms with van der Waals surface area (Å²) in [7, 11) is 3.41. The topological polar surface area (TPSA) is 156 Å². The van der Waals surface area contributed by atoms with Gasteiger partial charge < -0.3 is 30.9 Å². The van der Waals surface area contributed by atoms with Gasteiger partial charge in [-0.25, -0.2) is 14.8 Å². The highest BCUT2D eigenvalue weighted by molar-refractivity contribution is 5.96. The zero-order valence-corrected chi connectivity index (χ0v) is 22.7. The molecule has 0 saturated heterocycles. The molecule has 0 aliphatic heterocycles. The number of hydrogen-bond acceptors (Lipinski definition) is 9. The van der Waals surface area contributed by atoms with E-state index in [1.54, 1.807) is 39.1 Å². The van der Waals surface area contributed by atoms with E-state index in [-0.39, 0.29) is 24.0 Å². The van der Waals surface area contributed by atoms with Gasteiger partial charge in [-0.1, -0.05) is 6.92 Å². The van der Waals surface area contributed by atoms with E-state index in [4.69, 9.17) is 10.5 Å². The van der Waals surface area contributed by atoms with Crippen molar-refractivity contribution < 1.29 is 19.1 Å². The molecule has 2 aromatic heterocycles. The summed E-state index contributed by atoms with van der Waals surface area (Å²) in [4.78, 5) is 52.9. The number of carbonyl (C=O) groups is 3. The van der Waals surface area contributed by atoms with Gasteiger partial charge in [0.25, 0.3) is 5.91 Å². The predicted molar refractivity (Wildman–Crippen MR) is 142 cm³/mol. The summed E-state index contributed by atoms with van der Waals surface area (Å²) >= 11 is 0. The Bertz CT molecular complexity index is 1120. The molecule has 0 fully saturated rings. The number of amides is 3. The number of pyridine rings is 1. The summed E-state index contributed by atoms with van der Waals surface area (Å²) in [6.45, 7) is 10.1.